The highest BCUT2D eigenvalue weighted by Crippen LogP contribution is 2.31. The maximum Gasteiger partial charge on any atom is 0.237 e. The lowest BCUT2D eigenvalue weighted by Gasteiger charge is -2.38. The summed E-state index contributed by atoms with van der Waals surface area (Å²) in [6.45, 7) is 6.41. The van der Waals surface area contributed by atoms with Crippen molar-refractivity contribution in [1.29, 1.82) is 0 Å². The Morgan fingerprint density at radius 3 is 2.23 bits per heavy atom. The smallest absolute Gasteiger partial charge is 0.237 e. The topological polar surface area (TPSA) is 76.2 Å². The summed E-state index contributed by atoms with van der Waals surface area (Å²) >= 11 is 0. The lowest BCUT2D eigenvalue weighted by molar-refractivity contribution is -0.187. The molecule has 0 aliphatic carbocycles. The molecule has 0 N–H and O–H groups in total. The third-order valence-electron chi connectivity index (χ3n) is 4.04. The normalized spacial score (nSPS) is 22.0. The zero-order valence-electron chi connectivity index (χ0n) is 13.6. The molecule has 128 valence electrons. The zero-order valence-corrected chi connectivity index (χ0v) is 14.4. The van der Waals surface area contributed by atoms with E-state index in [0.717, 1.165) is 6.26 Å². The van der Waals surface area contributed by atoms with E-state index in [4.69, 9.17) is 9.47 Å². The van der Waals surface area contributed by atoms with Gasteiger partial charge in [-0.3, -0.25) is 4.79 Å². The molecular weight excluding hydrogens is 308 g/mol. The summed E-state index contributed by atoms with van der Waals surface area (Å²) in [5, 5.41) is 0. The highest BCUT2D eigenvalue weighted by atomic mass is 32.2. The fraction of sp³-hybridized carbons (Fsp3) is 0.929. The Morgan fingerprint density at radius 1 is 1.23 bits per heavy atom. The van der Waals surface area contributed by atoms with Crippen molar-refractivity contribution in [3.63, 3.8) is 0 Å². The van der Waals surface area contributed by atoms with Crippen LogP contribution in [-0.2, 0) is 24.3 Å². The van der Waals surface area contributed by atoms with Gasteiger partial charge in [0.25, 0.3) is 0 Å². The Kier molecular flexibility index (Phi) is 5.47. The number of amides is 1. The fourth-order valence-corrected chi connectivity index (χ4v) is 3.77. The molecule has 2 aliphatic heterocycles. The minimum atomic E-state index is -3.38. The molecule has 22 heavy (non-hydrogen) atoms. The molecule has 0 bridgehead atoms. The Morgan fingerprint density at radius 2 is 1.77 bits per heavy atom. The van der Waals surface area contributed by atoms with E-state index >= 15 is 0 Å². The lowest BCUT2D eigenvalue weighted by Crippen LogP contribution is -2.50. The second-order valence-electron chi connectivity index (χ2n) is 6.44. The van der Waals surface area contributed by atoms with Gasteiger partial charge in [0.15, 0.2) is 5.79 Å². The summed E-state index contributed by atoms with van der Waals surface area (Å²) in [5.74, 6) is -0.503. The zero-order chi connectivity index (χ0) is 16.4. The van der Waals surface area contributed by atoms with Crippen molar-refractivity contribution >= 4 is 15.9 Å². The van der Waals surface area contributed by atoms with Gasteiger partial charge >= 0.3 is 0 Å². The minimum Gasteiger partial charge on any atom is -0.347 e. The van der Waals surface area contributed by atoms with Gasteiger partial charge in [0.1, 0.15) is 0 Å². The van der Waals surface area contributed by atoms with Crippen molar-refractivity contribution in [2.45, 2.75) is 32.5 Å². The molecule has 2 heterocycles. The van der Waals surface area contributed by atoms with E-state index in [0.29, 0.717) is 45.7 Å². The number of rotatable bonds is 5. The van der Waals surface area contributed by atoms with E-state index in [-0.39, 0.29) is 18.4 Å². The summed E-state index contributed by atoms with van der Waals surface area (Å²) < 4.78 is 36.1. The molecule has 2 saturated heterocycles. The van der Waals surface area contributed by atoms with Crippen LogP contribution in [0.2, 0.25) is 0 Å². The molecule has 2 rings (SSSR count). The first-order valence-electron chi connectivity index (χ1n) is 7.73. The van der Waals surface area contributed by atoms with Gasteiger partial charge in [0.05, 0.1) is 26.0 Å². The van der Waals surface area contributed by atoms with E-state index < -0.39 is 15.8 Å². The molecule has 7 nitrogen and oxygen atoms in total. The summed E-state index contributed by atoms with van der Waals surface area (Å²) in [7, 11) is -3.38. The van der Waals surface area contributed by atoms with Gasteiger partial charge in [0, 0.05) is 32.5 Å². The molecule has 0 aromatic rings. The molecule has 0 radical (unpaired) electrons. The van der Waals surface area contributed by atoms with Crippen LogP contribution in [0.25, 0.3) is 0 Å². The number of nitrogens with zero attached hydrogens (tertiary/aromatic N) is 2. The first kappa shape index (κ1) is 17.7. The Labute approximate surface area is 132 Å². The SMILES string of the molecule is CC(C)CN(CC(=O)N1CCC2(CC1)OCCO2)S(C)(=O)=O. The van der Waals surface area contributed by atoms with E-state index in [2.05, 4.69) is 0 Å². The van der Waals surface area contributed by atoms with Gasteiger partial charge in [-0.05, 0) is 5.92 Å². The molecule has 1 spiro atoms. The van der Waals surface area contributed by atoms with Crippen molar-refractivity contribution in [1.82, 2.24) is 9.21 Å². The Hall–Kier alpha value is -0.700. The predicted molar refractivity (Wildman–Crippen MR) is 81.7 cm³/mol. The summed E-state index contributed by atoms with van der Waals surface area (Å²) in [6, 6.07) is 0. The molecule has 2 fully saturated rings. The largest absolute Gasteiger partial charge is 0.347 e. The van der Waals surface area contributed by atoms with Crippen molar-refractivity contribution < 1.29 is 22.7 Å². The third-order valence-corrected chi connectivity index (χ3v) is 5.26. The van der Waals surface area contributed by atoms with Crippen molar-refractivity contribution in [3.8, 4) is 0 Å². The van der Waals surface area contributed by atoms with Crippen LogP contribution >= 0.6 is 0 Å². The van der Waals surface area contributed by atoms with Crippen LogP contribution in [0.3, 0.4) is 0 Å². The summed E-state index contributed by atoms with van der Waals surface area (Å²) in [5.41, 5.74) is 0. The number of piperidine rings is 1. The van der Waals surface area contributed by atoms with Gasteiger partial charge in [-0.25, -0.2) is 8.42 Å². The second-order valence-corrected chi connectivity index (χ2v) is 8.42. The van der Waals surface area contributed by atoms with Crippen molar-refractivity contribution in [3.05, 3.63) is 0 Å². The number of hydrogen-bond acceptors (Lipinski definition) is 5. The van der Waals surface area contributed by atoms with E-state index in [1.54, 1.807) is 4.90 Å². The molecule has 0 unspecified atom stereocenters. The molecule has 0 aromatic heterocycles. The number of ether oxygens (including phenoxy) is 2. The van der Waals surface area contributed by atoms with Gasteiger partial charge < -0.3 is 14.4 Å². The van der Waals surface area contributed by atoms with Gasteiger partial charge in [-0.1, -0.05) is 13.8 Å². The number of carbonyl (C=O) groups is 1. The Bertz CT molecular complexity index is 489. The van der Waals surface area contributed by atoms with Crippen LogP contribution in [0.1, 0.15) is 26.7 Å². The molecule has 2 aliphatic rings. The van der Waals surface area contributed by atoms with E-state index in [9.17, 15) is 13.2 Å². The highest BCUT2D eigenvalue weighted by Gasteiger charge is 2.41. The standard InChI is InChI=1S/C14H26N2O5S/c1-12(2)10-16(22(3,18)19)11-13(17)15-6-4-14(5-7-15)20-8-9-21-14/h12H,4-11H2,1-3H3. The number of hydrogen-bond donors (Lipinski definition) is 0. The lowest BCUT2D eigenvalue weighted by atomic mass is 10.0. The van der Waals surface area contributed by atoms with E-state index in [1.807, 2.05) is 13.8 Å². The molecular formula is C14H26N2O5S. The number of likely N-dealkylation sites (tertiary alicyclic amines) is 1. The second kappa shape index (κ2) is 6.82. The minimum absolute atomic E-state index is 0.0915. The monoisotopic (exact) mass is 334 g/mol. The number of carbonyl (C=O) groups excluding carboxylic acids is 1. The average Bonchev–Trinajstić information content (AvgIpc) is 2.85. The third kappa shape index (κ3) is 4.41. The maximum atomic E-state index is 12.4. The fourth-order valence-electron chi connectivity index (χ4n) is 2.86. The van der Waals surface area contributed by atoms with Crippen LogP contribution < -0.4 is 0 Å². The molecule has 1 amide bonds. The predicted octanol–water partition coefficient (Wildman–Crippen LogP) is 0.270. The summed E-state index contributed by atoms with van der Waals surface area (Å²) in [6.07, 6.45) is 2.43. The van der Waals surface area contributed by atoms with Gasteiger partial charge in [-0.15, -0.1) is 0 Å². The van der Waals surface area contributed by atoms with Crippen molar-refractivity contribution in [2.75, 3.05) is 45.6 Å². The highest BCUT2D eigenvalue weighted by molar-refractivity contribution is 7.88. The maximum absolute atomic E-state index is 12.4. The molecule has 0 atom stereocenters. The molecule has 0 aromatic carbocycles. The first-order chi connectivity index (χ1) is 10.2. The van der Waals surface area contributed by atoms with Crippen LogP contribution in [0.15, 0.2) is 0 Å². The van der Waals surface area contributed by atoms with Gasteiger partial charge in [-0.2, -0.15) is 4.31 Å². The van der Waals surface area contributed by atoms with Crippen molar-refractivity contribution in [2.24, 2.45) is 5.92 Å². The van der Waals surface area contributed by atoms with Crippen LogP contribution in [0.5, 0.6) is 0 Å². The average molecular weight is 334 g/mol. The number of sulfonamides is 1. The molecule has 8 heteroatoms. The van der Waals surface area contributed by atoms with E-state index in [1.165, 1.54) is 4.31 Å². The van der Waals surface area contributed by atoms with Crippen LogP contribution in [-0.4, -0.2) is 75.0 Å². The molecule has 0 saturated carbocycles. The van der Waals surface area contributed by atoms with Crippen LogP contribution in [0.4, 0.5) is 0 Å². The van der Waals surface area contributed by atoms with Gasteiger partial charge in [0.2, 0.25) is 15.9 Å². The first-order valence-corrected chi connectivity index (χ1v) is 9.57. The summed E-state index contributed by atoms with van der Waals surface area (Å²) in [4.78, 5) is 14.1. The van der Waals surface area contributed by atoms with Crippen LogP contribution in [0, 0.1) is 5.92 Å². The quantitative estimate of drug-likeness (QED) is 0.721. The Balaban J connectivity index is 1.91.